The van der Waals surface area contributed by atoms with E-state index in [0.717, 1.165) is 24.0 Å². The average Bonchev–Trinajstić information content (AvgIpc) is 3.12. The highest BCUT2D eigenvalue weighted by atomic mass is 16.5. The van der Waals surface area contributed by atoms with Crippen LogP contribution in [0.4, 0.5) is 0 Å². The summed E-state index contributed by atoms with van der Waals surface area (Å²) in [5.41, 5.74) is 1.31. The fourth-order valence-corrected chi connectivity index (χ4v) is 5.54. The summed E-state index contributed by atoms with van der Waals surface area (Å²) in [4.78, 5) is 56.2. The van der Waals surface area contributed by atoms with Gasteiger partial charge in [0.2, 0.25) is 17.7 Å². The standard InChI is InChI=1S/C29H34N2O5/c1-21-9-6-7-13-24(21)29(19-27(34)31(28(29)35)15-16-36-2)18-26(33)30-14-8-12-23(20-30)25(32)17-22-10-4-3-5-11-22/h3-7,9-11,13,23H,8,12,14-20H2,1-2H3/t23-,29-/m1/s1. The van der Waals surface area contributed by atoms with Gasteiger partial charge in [-0.25, -0.2) is 0 Å². The summed E-state index contributed by atoms with van der Waals surface area (Å²) in [6.45, 7) is 3.20. The minimum atomic E-state index is -1.24. The molecule has 2 atom stereocenters. The van der Waals surface area contributed by atoms with E-state index >= 15 is 0 Å². The minimum absolute atomic E-state index is 0.0453. The maximum Gasteiger partial charge on any atom is 0.240 e. The number of hydrogen-bond donors (Lipinski definition) is 0. The molecule has 0 aromatic heterocycles. The van der Waals surface area contributed by atoms with Gasteiger partial charge < -0.3 is 9.64 Å². The second kappa shape index (κ2) is 11.2. The van der Waals surface area contributed by atoms with Crippen molar-refractivity contribution in [3.63, 3.8) is 0 Å². The number of carbonyl (C=O) groups excluding carboxylic acids is 4. The highest BCUT2D eigenvalue weighted by Gasteiger charge is 2.54. The van der Waals surface area contributed by atoms with E-state index in [4.69, 9.17) is 4.74 Å². The van der Waals surface area contributed by atoms with Gasteiger partial charge in [0.1, 0.15) is 5.78 Å². The Morgan fingerprint density at radius 2 is 1.78 bits per heavy atom. The Kier molecular flexibility index (Phi) is 7.99. The zero-order chi connectivity index (χ0) is 25.7. The predicted octanol–water partition coefficient (Wildman–Crippen LogP) is 3.08. The van der Waals surface area contributed by atoms with E-state index < -0.39 is 5.41 Å². The van der Waals surface area contributed by atoms with Crippen molar-refractivity contribution in [2.45, 2.75) is 44.4 Å². The summed E-state index contributed by atoms with van der Waals surface area (Å²) in [5.74, 6) is -0.921. The Bertz CT molecular complexity index is 1130. The van der Waals surface area contributed by atoms with E-state index in [-0.39, 0.29) is 55.4 Å². The van der Waals surface area contributed by atoms with Crippen molar-refractivity contribution in [2.24, 2.45) is 5.92 Å². The Morgan fingerprint density at radius 1 is 1.06 bits per heavy atom. The first-order chi connectivity index (χ1) is 17.4. The zero-order valence-electron chi connectivity index (χ0n) is 21.1. The van der Waals surface area contributed by atoms with Crippen molar-refractivity contribution in [2.75, 3.05) is 33.4 Å². The lowest BCUT2D eigenvalue weighted by molar-refractivity contribution is -0.144. The van der Waals surface area contributed by atoms with E-state index in [0.29, 0.717) is 25.1 Å². The third-order valence-corrected chi connectivity index (χ3v) is 7.49. The van der Waals surface area contributed by atoms with Crippen molar-refractivity contribution in [3.05, 3.63) is 71.3 Å². The summed E-state index contributed by atoms with van der Waals surface area (Å²) in [7, 11) is 1.52. The second-order valence-electron chi connectivity index (χ2n) is 9.90. The van der Waals surface area contributed by atoms with Crippen LogP contribution in [-0.4, -0.2) is 66.7 Å². The van der Waals surface area contributed by atoms with Gasteiger partial charge in [0.25, 0.3) is 0 Å². The van der Waals surface area contributed by atoms with Crippen LogP contribution in [0, 0.1) is 12.8 Å². The van der Waals surface area contributed by atoms with Gasteiger partial charge in [-0.1, -0.05) is 54.6 Å². The van der Waals surface area contributed by atoms with E-state index in [1.54, 1.807) is 4.90 Å². The third-order valence-electron chi connectivity index (χ3n) is 7.49. The van der Waals surface area contributed by atoms with Gasteiger partial charge in [0.15, 0.2) is 0 Å². The van der Waals surface area contributed by atoms with Crippen LogP contribution in [0.25, 0.3) is 0 Å². The Morgan fingerprint density at radius 3 is 2.50 bits per heavy atom. The first-order valence-corrected chi connectivity index (χ1v) is 12.6. The third kappa shape index (κ3) is 5.26. The number of ketones is 1. The van der Waals surface area contributed by atoms with Gasteiger partial charge in [-0.2, -0.15) is 0 Å². The molecule has 0 saturated carbocycles. The van der Waals surface area contributed by atoms with Crippen LogP contribution in [0.5, 0.6) is 0 Å². The van der Waals surface area contributed by atoms with Crippen LogP contribution >= 0.6 is 0 Å². The van der Waals surface area contributed by atoms with Gasteiger partial charge in [0.05, 0.1) is 18.6 Å². The lowest BCUT2D eigenvalue weighted by Crippen LogP contribution is -2.47. The molecule has 2 aromatic rings. The molecule has 2 saturated heterocycles. The normalized spacial score (nSPS) is 22.2. The number of Topliss-reactive ketones (excluding diaryl/α,β-unsaturated/α-hetero) is 1. The SMILES string of the molecule is COCCN1C(=O)C[C@](CC(=O)N2CCC[C@@H](C(=O)Cc3ccccc3)C2)(c2ccccc2C)C1=O. The fourth-order valence-electron chi connectivity index (χ4n) is 5.54. The summed E-state index contributed by atoms with van der Waals surface area (Å²) < 4.78 is 5.10. The molecule has 36 heavy (non-hydrogen) atoms. The number of methoxy groups -OCH3 is 1. The molecule has 3 amide bonds. The Labute approximate surface area is 212 Å². The van der Waals surface area contributed by atoms with Crippen molar-refractivity contribution in [1.82, 2.24) is 9.80 Å². The molecule has 0 radical (unpaired) electrons. The van der Waals surface area contributed by atoms with E-state index in [1.165, 1.54) is 12.0 Å². The molecule has 0 unspecified atom stereocenters. The summed E-state index contributed by atoms with van der Waals surface area (Å²) in [5, 5.41) is 0. The molecule has 2 heterocycles. The predicted molar refractivity (Wildman–Crippen MR) is 135 cm³/mol. The molecule has 2 aliphatic rings. The van der Waals surface area contributed by atoms with E-state index in [1.807, 2.05) is 61.5 Å². The number of ether oxygens (including phenoxy) is 1. The van der Waals surface area contributed by atoms with Gasteiger partial charge in [-0.15, -0.1) is 0 Å². The number of amides is 3. The van der Waals surface area contributed by atoms with Gasteiger partial charge in [-0.05, 0) is 36.5 Å². The summed E-state index contributed by atoms with van der Waals surface area (Å²) in [6.07, 6.45) is 1.70. The molecule has 4 rings (SSSR count). The number of carbonyl (C=O) groups is 4. The first-order valence-electron chi connectivity index (χ1n) is 12.6. The lowest BCUT2D eigenvalue weighted by atomic mass is 9.73. The molecule has 2 fully saturated rings. The second-order valence-corrected chi connectivity index (χ2v) is 9.90. The van der Waals surface area contributed by atoms with Gasteiger partial charge in [0, 0.05) is 45.4 Å². The molecule has 190 valence electrons. The van der Waals surface area contributed by atoms with Crippen LogP contribution in [-0.2, 0) is 35.8 Å². The monoisotopic (exact) mass is 490 g/mol. The summed E-state index contributed by atoms with van der Waals surface area (Å²) in [6, 6.07) is 17.1. The maximum absolute atomic E-state index is 13.7. The molecule has 7 nitrogen and oxygen atoms in total. The van der Waals surface area contributed by atoms with Gasteiger partial charge >= 0.3 is 0 Å². The molecule has 0 aliphatic carbocycles. The number of likely N-dealkylation sites (tertiary alicyclic amines) is 2. The molecule has 0 N–H and O–H groups in total. The van der Waals surface area contributed by atoms with Crippen LogP contribution < -0.4 is 0 Å². The first kappa shape index (κ1) is 25.8. The molecule has 2 aromatic carbocycles. The number of aryl methyl sites for hydroxylation is 1. The quantitative estimate of drug-likeness (QED) is 0.505. The van der Waals surface area contributed by atoms with Crippen molar-refractivity contribution in [1.29, 1.82) is 0 Å². The highest BCUT2D eigenvalue weighted by Crippen LogP contribution is 2.42. The smallest absolute Gasteiger partial charge is 0.240 e. The Hall–Kier alpha value is -3.32. The number of hydrogen-bond acceptors (Lipinski definition) is 5. The van der Waals surface area contributed by atoms with Gasteiger partial charge in [-0.3, -0.25) is 24.1 Å². The number of benzene rings is 2. The number of nitrogens with zero attached hydrogens (tertiary/aromatic N) is 2. The molecule has 2 aliphatic heterocycles. The molecule has 7 heteroatoms. The van der Waals surface area contributed by atoms with Crippen LogP contribution in [0.3, 0.4) is 0 Å². The zero-order valence-corrected chi connectivity index (χ0v) is 21.1. The summed E-state index contributed by atoms with van der Waals surface area (Å²) >= 11 is 0. The highest BCUT2D eigenvalue weighted by molar-refractivity contribution is 6.11. The fraction of sp³-hybridized carbons (Fsp3) is 0.448. The van der Waals surface area contributed by atoms with Crippen LogP contribution in [0.1, 0.15) is 42.4 Å². The number of piperidine rings is 1. The number of rotatable bonds is 9. The topological polar surface area (TPSA) is 84.0 Å². The number of imide groups is 1. The Balaban J connectivity index is 1.54. The van der Waals surface area contributed by atoms with Crippen molar-refractivity contribution >= 4 is 23.5 Å². The maximum atomic E-state index is 13.7. The minimum Gasteiger partial charge on any atom is -0.383 e. The van der Waals surface area contributed by atoms with E-state index in [9.17, 15) is 19.2 Å². The van der Waals surface area contributed by atoms with E-state index in [2.05, 4.69) is 0 Å². The molecular weight excluding hydrogens is 456 g/mol. The van der Waals surface area contributed by atoms with Crippen LogP contribution in [0.2, 0.25) is 0 Å². The van der Waals surface area contributed by atoms with Crippen LogP contribution in [0.15, 0.2) is 54.6 Å². The van der Waals surface area contributed by atoms with Crippen molar-refractivity contribution < 1.29 is 23.9 Å². The average molecular weight is 491 g/mol. The molecule has 0 bridgehead atoms. The molecule has 0 spiro atoms. The largest absolute Gasteiger partial charge is 0.383 e. The lowest BCUT2D eigenvalue weighted by Gasteiger charge is -2.35. The molecular formula is C29H34N2O5. The van der Waals surface area contributed by atoms with Crippen molar-refractivity contribution in [3.8, 4) is 0 Å².